The molecular weight excluding hydrogens is 368 g/mol. The Kier molecular flexibility index (Phi) is 7.09. The molecule has 7 heteroatoms. The molecule has 0 radical (unpaired) electrons. The highest BCUT2D eigenvalue weighted by Crippen LogP contribution is 2.30. The van der Waals surface area contributed by atoms with Crippen molar-refractivity contribution in [1.82, 2.24) is 20.1 Å². The summed E-state index contributed by atoms with van der Waals surface area (Å²) in [6.07, 6.45) is 0.382. The topological polar surface area (TPSA) is 97.1 Å². The summed E-state index contributed by atoms with van der Waals surface area (Å²) in [4.78, 5) is 24.9. The van der Waals surface area contributed by atoms with E-state index in [2.05, 4.69) is 54.9 Å². The molecule has 29 heavy (non-hydrogen) atoms. The van der Waals surface area contributed by atoms with Crippen LogP contribution in [0.5, 0.6) is 0 Å². The molecule has 7 nitrogen and oxygen atoms in total. The predicted molar refractivity (Wildman–Crippen MR) is 114 cm³/mol. The Balaban J connectivity index is 0.000000941. The number of fused-ring (bicyclic) bond motifs is 1. The molecule has 154 valence electrons. The Morgan fingerprint density at radius 2 is 1.90 bits per heavy atom. The first-order chi connectivity index (χ1) is 13.7. The molecule has 2 heterocycles. The zero-order valence-corrected chi connectivity index (χ0v) is 17.8. The van der Waals surface area contributed by atoms with Gasteiger partial charge in [0.25, 0.3) is 6.47 Å². The molecule has 0 saturated heterocycles. The number of likely N-dealkylation sites (N-methyl/N-ethyl adjacent to an activating group) is 1. The third-order valence-corrected chi connectivity index (χ3v) is 4.79. The first kappa shape index (κ1) is 22.1. The highest BCUT2D eigenvalue weighted by atomic mass is 16.3. The largest absolute Gasteiger partial charge is 0.483 e. The maximum Gasteiger partial charge on any atom is 0.290 e. The summed E-state index contributed by atoms with van der Waals surface area (Å²) in [6.45, 7) is 10.2. The Morgan fingerprint density at radius 1 is 1.24 bits per heavy atom. The van der Waals surface area contributed by atoms with Crippen molar-refractivity contribution in [2.45, 2.75) is 47.1 Å². The van der Waals surface area contributed by atoms with Gasteiger partial charge in [-0.1, -0.05) is 6.07 Å². The van der Waals surface area contributed by atoms with Gasteiger partial charge < -0.3 is 10.4 Å². The van der Waals surface area contributed by atoms with Crippen molar-refractivity contribution < 1.29 is 14.7 Å². The number of amides is 1. The van der Waals surface area contributed by atoms with E-state index in [1.165, 1.54) is 0 Å². The number of rotatable bonds is 4. The molecule has 0 saturated carbocycles. The van der Waals surface area contributed by atoms with Gasteiger partial charge in [0.1, 0.15) is 0 Å². The minimum atomic E-state index is -0.250. The fourth-order valence-corrected chi connectivity index (χ4v) is 3.49. The van der Waals surface area contributed by atoms with Gasteiger partial charge in [0.05, 0.1) is 23.3 Å². The molecule has 0 aliphatic heterocycles. The van der Waals surface area contributed by atoms with Gasteiger partial charge in [0, 0.05) is 29.7 Å². The van der Waals surface area contributed by atoms with Crippen LogP contribution in [0.25, 0.3) is 22.2 Å². The van der Waals surface area contributed by atoms with Crippen molar-refractivity contribution >= 4 is 23.3 Å². The van der Waals surface area contributed by atoms with E-state index in [4.69, 9.17) is 14.9 Å². The van der Waals surface area contributed by atoms with Crippen molar-refractivity contribution in [2.24, 2.45) is 0 Å². The summed E-state index contributed by atoms with van der Waals surface area (Å²) in [5, 5.41) is 15.3. The van der Waals surface area contributed by atoms with Crippen LogP contribution in [-0.2, 0) is 16.0 Å². The molecule has 1 amide bonds. The summed E-state index contributed by atoms with van der Waals surface area (Å²) in [7, 11) is 1.66. The van der Waals surface area contributed by atoms with Gasteiger partial charge in [-0.3, -0.25) is 14.3 Å². The highest BCUT2D eigenvalue weighted by Gasteiger charge is 2.17. The summed E-state index contributed by atoms with van der Waals surface area (Å²) >= 11 is 0. The molecule has 0 unspecified atom stereocenters. The molecule has 0 bridgehead atoms. The van der Waals surface area contributed by atoms with Gasteiger partial charge in [-0.05, 0) is 63.9 Å². The standard InChI is InChI=1S/C21H26N4O.CH2O2/c1-12(2)25-15(5)21(14(4)24-25)19-9-13(3)17-10-16(11-20(26)22-6)7-8-18(17)23-19;2-1-3/h7-10,12H,11H2,1-6H3,(H,22,26);1H,(H,2,3). The number of nitrogens with one attached hydrogen (secondary N) is 1. The molecule has 0 atom stereocenters. The van der Waals surface area contributed by atoms with Crippen LogP contribution in [0.3, 0.4) is 0 Å². The van der Waals surface area contributed by atoms with Crippen molar-refractivity contribution in [3.8, 4) is 11.3 Å². The van der Waals surface area contributed by atoms with Crippen LogP contribution in [0.2, 0.25) is 0 Å². The molecule has 2 aromatic heterocycles. The van der Waals surface area contributed by atoms with Gasteiger partial charge in [0.15, 0.2) is 0 Å². The maximum absolute atomic E-state index is 11.6. The van der Waals surface area contributed by atoms with Gasteiger partial charge in [-0.15, -0.1) is 0 Å². The molecule has 0 aliphatic carbocycles. The molecule has 3 aromatic rings. The molecule has 2 N–H and O–H groups in total. The second-order valence-electron chi connectivity index (χ2n) is 7.22. The molecule has 0 aliphatic rings. The van der Waals surface area contributed by atoms with E-state index in [1.54, 1.807) is 7.05 Å². The maximum atomic E-state index is 11.6. The van der Waals surface area contributed by atoms with Gasteiger partial charge >= 0.3 is 0 Å². The van der Waals surface area contributed by atoms with E-state index < -0.39 is 0 Å². The third kappa shape index (κ3) is 4.80. The lowest BCUT2D eigenvalue weighted by atomic mass is 10.0. The average Bonchev–Trinajstić information content (AvgIpc) is 2.97. The number of hydrogen-bond acceptors (Lipinski definition) is 4. The summed E-state index contributed by atoms with van der Waals surface area (Å²) in [5.41, 5.74) is 7.29. The first-order valence-corrected chi connectivity index (χ1v) is 9.48. The zero-order valence-electron chi connectivity index (χ0n) is 17.8. The van der Waals surface area contributed by atoms with Crippen molar-refractivity contribution in [3.05, 3.63) is 46.8 Å². The molecule has 0 spiro atoms. The number of pyridine rings is 1. The highest BCUT2D eigenvalue weighted by molar-refractivity contribution is 5.87. The van der Waals surface area contributed by atoms with Crippen molar-refractivity contribution in [1.29, 1.82) is 0 Å². The quantitative estimate of drug-likeness (QED) is 0.657. The van der Waals surface area contributed by atoms with Crippen LogP contribution in [0.4, 0.5) is 0 Å². The van der Waals surface area contributed by atoms with E-state index >= 15 is 0 Å². The van der Waals surface area contributed by atoms with E-state index in [0.717, 1.165) is 44.7 Å². The minimum Gasteiger partial charge on any atom is -0.483 e. The fourth-order valence-electron chi connectivity index (χ4n) is 3.49. The number of carbonyl (C=O) groups is 2. The lowest BCUT2D eigenvalue weighted by Gasteiger charge is -2.11. The summed E-state index contributed by atoms with van der Waals surface area (Å²) < 4.78 is 2.05. The van der Waals surface area contributed by atoms with Crippen LogP contribution in [0.1, 0.15) is 42.4 Å². The van der Waals surface area contributed by atoms with Crippen LogP contribution >= 0.6 is 0 Å². The molecular formula is C22H28N4O3. The van der Waals surface area contributed by atoms with E-state index in [9.17, 15) is 4.79 Å². The molecule has 1 aromatic carbocycles. The van der Waals surface area contributed by atoms with Crippen LogP contribution in [0, 0.1) is 20.8 Å². The summed E-state index contributed by atoms with van der Waals surface area (Å²) in [6, 6.07) is 8.48. The second-order valence-corrected chi connectivity index (χ2v) is 7.22. The number of aryl methyl sites for hydroxylation is 2. The van der Waals surface area contributed by atoms with E-state index in [1.807, 2.05) is 19.1 Å². The van der Waals surface area contributed by atoms with Gasteiger partial charge in [-0.2, -0.15) is 5.10 Å². The smallest absolute Gasteiger partial charge is 0.290 e. The number of carbonyl (C=O) groups excluding carboxylic acids is 1. The third-order valence-electron chi connectivity index (χ3n) is 4.79. The zero-order chi connectivity index (χ0) is 21.7. The van der Waals surface area contributed by atoms with Gasteiger partial charge in [-0.25, -0.2) is 4.98 Å². The lowest BCUT2D eigenvalue weighted by Crippen LogP contribution is -2.19. The fraction of sp³-hybridized carbons (Fsp3) is 0.364. The predicted octanol–water partition coefficient (Wildman–Crippen LogP) is 3.59. The van der Waals surface area contributed by atoms with E-state index in [-0.39, 0.29) is 12.4 Å². The lowest BCUT2D eigenvalue weighted by molar-refractivity contribution is -0.123. The monoisotopic (exact) mass is 396 g/mol. The summed E-state index contributed by atoms with van der Waals surface area (Å²) in [5.74, 6) is 0.0129. The molecule has 0 fully saturated rings. The van der Waals surface area contributed by atoms with Crippen molar-refractivity contribution in [2.75, 3.05) is 7.05 Å². The van der Waals surface area contributed by atoms with Crippen LogP contribution in [0.15, 0.2) is 24.3 Å². The normalized spacial score (nSPS) is 10.6. The Morgan fingerprint density at radius 3 is 2.45 bits per heavy atom. The van der Waals surface area contributed by atoms with E-state index in [0.29, 0.717) is 12.5 Å². The Labute approximate surface area is 170 Å². The molecule has 3 rings (SSSR count). The Bertz CT molecular complexity index is 1040. The minimum absolute atomic E-state index is 0.0129. The second kappa shape index (κ2) is 9.32. The number of hydrogen-bond donors (Lipinski definition) is 2. The van der Waals surface area contributed by atoms with Crippen LogP contribution < -0.4 is 5.32 Å². The van der Waals surface area contributed by atoms with Crippen LogP contribution in [-0.4, -0.2) is 39.3 Å². The number of benzene rings is 1. The average molecular weight is 396 g/mol. The Hall–Kier alpha value is -3.22. The number of aromatic nitrogens is 3. The number of nitrogens with zero attached hydrogens (tertiary/aromatic N) is 3. The van der Waals surface area contributed by atoms with Crippen molar-refractivity contribution in [3.63, 3.8) is 0 Å². The van der Waals surface area contributed by atoms with Gasteiger partial charge in [0.2, 0.25) is 5.91 Å². The SMILES string of the molecule is CNC(=O)Cc1ccc2nc(-c3c(C)nn(C(C)C)c3C)cc(C)c2c1.O=CO. The first-order valence-electron chi connectivity index (χ1n) is 9.48. The number of carboxylic acid groups (broad SMARTS) is 1.